The van der Waals surface area contributed by atoms with Gasteiger partial charge in [0, 0.05) is 4.47 Å². The Hall–Kier alpha value is -1.60. The zero-order valence-electron chi connectivity index (χ0n) is 11.3. The summed E-state index contributed by atoms with van der Waals surface area (Å²) in [5.74, 6) is -1.11. The van der Waals surface area contributed by atoms with Gasteiger partial charge in [-0.15, -0.1) is 0 Å². The summed E-state index contributed by atoms with van der Waals surface area (Å²) in [6, 6.07) is 6.41. The van der Waals surface area contributed by atoms with Crippen molar-refractivity contribution in [2.45, 2.75) is 13.0 Å². The van der Waals surface area contributed by atoms with Crippen molar-refractivity contribution in [1.82, 2.24) is 4.90 Å². The van der Waals surface area contributed by atoms with Crippen LogP contribution in [0.5, 0.6) is 0 Å². The summed E-state index contributed by atoms with van der Waals surface area (Å²) < 4.78 is 5.44. The zero-order valence-corrected chi connectivity index (χ0v) is 13.7. The molecule has 0 aromatic heterocycles. The van der Waals surface area contributed by atoms with Crippen LogP contribution in [0.2, 0.25) is 0 Å². The molecule has 1 aliphatic rings. The van der Waals surface area contributed by atoms with Gasteiger partial charge in [-0.2, -0.15) is 0 Å². The minimum Gasteiger partial charge on any atom is -0.467 e. The van der Waals surface area contributed by atoms with E-state index in [4.69, 9.17) is 0 Å². The number of halogens is 1. The van der Waals surface area contributed by atoms with Crippen LogP contribution in [0.25, 0.3) is 6.08 Å². The fourth-order valence-corrected chi connectivity index (χ4v) is 3.16. The predicted molar refractivity (Wildman–Crippen MR) is 83.4 cm³/mol. The van der Waals surface area contributed by atoms with Crippen LogP contribution < -0.4 is 0 Å². The Balaban J connectivity index is 2.28. The van der Waals surface area contributed by atoms with Gasteiger partial charge < -0.3 is 4.74 Å². The zero-order chi connectivity index (χ0) is 15.6. The highest BCUT2D eigenvalue weighted by atomic mass is 79.9. The molecular weight excluding hydrogens is 358 g/mol. The number of carbonyl (C=O) groups excluding carboxylic acids is 3. The lowest BCUT2D eigenvalue weighted by molar-refractivity contribution is -0.148. The summed E-state index contributed by atoms with van der Waals surface area (Å²) >= 11 is 4.16. The number of imide groups is 1. The summed E-state index contributed by atoms with van der Waals surface area (Å²) in [7, 11) is 1.22. The molecule has 0 saturated carbocycles. The molecule has 5 nitrogen and oxygen atoms in total. The number of hydrogen-bond donors (Lipinski definition) is 0. The summed E-state index contributed by atoms with van der Waals surface area (Å²) in [5.41, 5.74) is 0.792. The van der Waals surface area contributed by atoms with Gasteiger partial charge in [0.15, 0.2) is 0 Å². The van der Waals surface area contributed by atoms with E-state index in [0.717, 1.165) is 26.7 Å². The first kappa shape index (κ1) is 15.8. The van der Waals surface area contributed by atoms with E-state index in [1.54, 1.807) is 6.08 Å². The van der Waals surface area contributed by atoms with Gasteiger partial charge in [0.1, 0.15) is 6.04 Å². The van der Waals surface area contributed by atoms with Crippen molar-refractivity contribution in [3.8, 4) is 0 Å². The lowest BCUT2D eigenvalue weighted by Crippen LogP contribution is -2.42. The third kappa shape index (κ3) is 3.36. The van der Waals surface area contributed by atoms with E-state index in [1.807, 2.05) is 24.3 Å². The molecule has 1 fully saturated rings. The van der Waals surface area contributed by atoms with Crippen molar-refractivity contribution >= 4 is 50.9 Å². The molecule has 0 N–H and O–H groups in total. The predicted octanol–water partition coefficient (Wildman–Crippen LogP) is 3.05. The van der Waals surface area contributed by atoms with Crippen LogP contribution >= 0.6 is 27.7 Å². The molecule has 7 heteroatoms. The van der Waals surface area contributed by atoms with Gasteiger partial charge in [0.25, 0.3) is 11.1 Å². The molecule has 1 saturated heterocycles. The second-order valence-corrected chi connectivity index (χ2v) is 6.21. The van der Waals surface area contributed by atoms with Crippen LogP contribution in [0.4, 0.5) is 4.79 Å². The number of thioether (sulfide) groups is 1. The second kappa shape index (κ2) is 6.44. The molecule has 0 radical (unpaired) electrons. The molecule has 1 aromatic rings. The van der Waals surface area contributed by atoms with Gasteiger partial charge in [-0.25, -0.2) is 4.79 Å². The van der Waals surface area contributed by atoms with E-state index in [9.17, 15) is 14.4 Å². The topological polar surface area (TPSA) is 63.7 Å². The van der Waals surface area contributed by atoms with Crippen LogP contribution in [-0.4, -0.2) is 35.2 Å². The number of amides is 2. The summed E-state index contributed by atoms with van der Waals surface area (Å²) in [4.78, 5) is 36.9. The lowest BCUT2D eigenvalue weighted by atomic mass is 10.2. The Morgan fingerprint density at radius 3 is 2.76 bits per heavy atom. The van der Waals surface area contributed by atoms with E-state index in [0.29, 0.717) is 0 Å². The van der Waals surface area contributed by atoms with Gasteiger partial charge in [0.05, 0.1) is 12.0 Å². The van der Waals surface area contributed by atoms with Gasteiger partial charge in [0.2, 0.25) is 0 Å². The van der Waals surface area contributed by atoms with Gasteiger partial charge >= 0.3 is 5.97 Å². The van der Waals surface area contributed by atoms with Crippen molar-refractivity contribution < 1.29 is 19.1 Å². The van der Waals surface area contributed by atoms with E-state index >= 15 is 0 Å². The fourth-order valence-electron chi connectivity index (χ4n) is 1.84. The summed E-state index contributed by atoms with van der Waals surface area (Å²) in [6.45, 7) is 1.46. The van der Waals surface area contributed by atoms with Crippen molar-refractivity contribution in [3.05, 3.63) is 39.2 Å². The number of hydrogen-bond acceptors (Lipinski definition) is 5. The fraction of sp³-hybridized carbons (Fsp3) is 0.214. The standard InChI is InChI=1S/C14H12BrNO4S/c1-8(13(18)20-2)16-12(17)11(21-14(16)19)7-9-4-3-5-10(15)6-9/h3-8H,1-2H3/b11-7+. The average Bonchev–Trinajstić information content (AvgIpc) is 2.72. The molecule has 2 amide bonds. The molecular formula is C14H12BrNO4S. The van der Waals surface area contributed by atoms with Crippen molar-refractivity contribution in [1.29, 1.82) is 0 Å². The second-order valence-electron chi connectivity index (χ2n) is 4.31. The van der Waals surface area contributed by atoms with Crippen LogP contribution in [0.15, 0.2) is 33.6 Å². The maximum absolute atomic E-state index is 12.3. The Bertz CT molecular complexity index is 644. The van der Waals surface area contributed by atoms with Gasteiger partial charge in [-0.05, 0) is 42.5 Å². The largest absolute Gasteiger partial charge is 0.467 e. The molecule has 0 bridgehead atoms. The van der Waals surface area contributed by atoms with Crippen molar-refractivity contribution in [2.24, 2.45) is 0 Å². The van der Waals surface area contributed by atoms with Crippen LogP contribution in [0, 0.1) is 0 Å². The minimum atomic E-state index is -0.934. The third-order valence-corrected chi connectivity index (χ3v) is 4.28. The van der Waals surface area contributed by atoms with Gasteiger partial charge in [-0.3, -0.25) is 14.5 Å². The normalized spacial score (nSPS) is 18.2. The maximum atomic E-state index is 12.3. The van der Waals surface area contributed by atoms with Crippen molar-refractivity contribution in [2.75, 3.05) is 7.11 Å². The number of benzene rings is 1. The van der Waals surface area contributed by atoms with Crippen LogP contribution in [0.3, 0.4) is 0 Å². The van der Waals surface area contributed by atoms with Gasteiger partial charge in [-0.1, -0.05) is 28.1 Å². The molecule has 110 valence electrons. The molecule has 1 heterocycles. The van der Waals surface area contributed by atoms with E-state index in [1.165, 1.54) is 14.0 Å². The van der Waals surface area contributed by atoms with Crippen LogP contribution in [-0.2, 0) is 14.3 Å². The monoisotopic (exact) mass is 369 g/mol. The molecule has 0 spiro atoms. The smallest absolute Gasteiger partial charge is 0.328 e. The van der Waals surface area contributed by atoms with Crippen LogP contribution in [0.1, 0.15) is 12.5 Å². The van der Waals surface area contributed by atoms with E-state index in [-0.39, 0.29) is 4.91 Å². The van der Waals surface area contributed by atoms with E-state index in [2.05, 4.69) is 20.7 Å². The molecule has 1 aromatic carbocycles. The first-order valence-corrected chi connectivity index (χ1v) is 7.65. The number of carbonyl (C=O) groups is 3. The highest BCUT2D eigenvalue weighted by Crippen LogP contribution is 2.34. The number of nitrogens with zero attached hydrogens (tertiary/aromatic N) is 1. The summed E-state index contributed by atoms with van der Waals surface area (Å²) in [5, 5.41) is -0.473. The summed E-state index contributed by atoms with van der Waals surface area (Å²) in [6.07, 6.45) is 1.62. The van der Waals surface area contributed by atoms with E-state index < -0.39 is 23.2 Å². The lowest BCUT2D eigenvalue weighted by Gasteiger charge is -2.18. The molecule has 2 rings (SSSR count). The first-order chi connectivity index (χ1) is 9.93. The maximum Gasteiger partial charge on any atom is 0.328 e. The number of rotatable bonds is 3. The first-order valence-electron chi connectivity index (χ1n) is 6.04. The minimum absolute atomic E-state index is 0.286. The number of methoxy groups -OCH3 is 1. The Morgan fingerprint density at radius 2 is 2.14 bits per heavy atom. The Morgan fingerprint density at radius 1 is 1.43 bits per heavy atom. The third-order valence-electron chi connectivity index (χ3n) is 2.90. The molecule has 21 heavy (non-hydrogen) atoms. The quantitative estimate of drug-likeness (QED) is 0.605. The molecule has 1 unspecified atom stereocenters. The molecule has 1 aliphatic heterocycles. The number of ether oxygens (including phenoxy) is 1. The highest BCUT2D eigenvalue weighted by Gasteiger charge is 2.41. The molecule has 1 atom stereocenters. The SMILES string of the molecule is COC(=O)C(C)N1C(=O)S/C(=C/c2cccc(Br)c2)C1=O. The Labute approximate surface area is 134 Å². The molecule has 0 aliphatic carbocycles. The highest BCUT2D eigenvalue weighted by molar-refractivity contribution is 9.10. The number of esters is 1. The Kier molecular flexibility index (Phi) is 4.84. The average molecular weight is 370 g/mol. The van der Waals surface area contributed by atoms with Crippen molar-refractivity contribution in [3.63, 3.8) is 0 Å².